The molecular weight excluding hydrogens is 212 g/mol. The molecule has 3 nitrogen and oxygen atoms in total. The summed E-state index contributed by atoms with van der Waals surface area (Å²) in [6, 6.07) is 3.07. The van der Waals surface area contributed by atoms with Gasteiger partial charge in [0.15, 0.2) is 0 Å². The molecule has 1 N–H and O–H groups in total. The molecule has 96 valence electrons. The van der Waals surface area contributed by atoms with E-state index in [1.165, 1.54) is 25.7 Å². The number of nitrogens with one attached hydrogen (secondary N) is 1. The zero-order valence-corrected chi connectivity index (χ0v) is 11.3. The van der Waals surface area contributed by atoms with Gasteiger partial charge in [-0.3, -0.25) is 5.32 Å². The molecule has 2 aliphatic rings. The molecule has 0 heterocycles. The average Bonchev–Trinajstić information content (AvgIpc) is 3.16. The van der Waals surface area contributed by atoms with Gasteiger partial charge in [0.2, 0.25) is 0 Å². The fourth-order valence-corrected chi connectivity index (χ4v) is 2.01. The first-order valence-electron chi connectivity index (χ1n) is 6.84. The van der Waals surface area contributed by atoms with Crippen LogP contribution in [0.25, 0.3) is 0 Å². The van der Waals surface area contributed by atoms with E-state index in [2.05, 4.69) is 32.2 Å². The summed E-state index contributed by atoms with van der Waals surface area (Å²) < 4.78 is 5.98. The molecule has 0 aromatic carbocycles. The Morgan fingerprint density at radius 1 is 1.29 bits per heavy atom. The van der Waals surface area contributed by atoms with E-state index in [-0.39, 0.29) is 5.60 Å². The quantitative estimate of drug-likeness (QED) is 0.739. The van der Waals surface area contributed by atoms with Gasteiger partial charge < -0.3 is 4.74 Å². The lowest BCUT2D eigenvalue weighted by Gasteiger charge is -2.33. The predicted molar refractivity (Wildman–Crippen MR) is 67.5 cm³/mol. The van der Waals surface area contributed by atoms with Crippen molar-refractivity contribution in [1.82, 2.24) is 5.32 Å². The molecule has 0 radical (unpaired) electrons. The Balaban J connectivity index is 1.97. The molecule has 0 aromatic rings. The SMILES string of the molecule is CCC(C)(C)OCC(C#N)(NC1CC1)C1CC1. The van der Waals surface area contributed by atoms with Crippen LogP contribution < -0.4 is 5.32 Å². The Morgan fingerprint density at radius 2 is 1.94 bits per heavy atom. The van der Waals surface area contributed by atoms with E-state index < -0.39 is 5.54 Å². The van der Waals surface area contributed by atoms with Crippen molar-refractivity contribution >= 4 is 0 Å². The lowest BCUT2D eigenvalue weighted by atomic mass is 9.95. The van der Waals surface area contributed by atoms with Crippen LogP contribution in [0.5, 0.6) is 0 Å². The van der Waals surface area contributed by atoms with Gasteiger partial charge in [0, 0.05) is 6.04 Å². The Kier molecular flexibility index (Phi) is 3.47. The second-order valence-electron chi connectivity index (χ2n) is 6.18. The van der Waals surface area contributed by atoms with E-state index in [9.17, 15) is 5.26 Å². The lowest BCUT2D eigenvalue weighted by Crippen LogP contribution is -2.52. The van der Waals surface area contributed by atoms with Crippen molar-refractivity contribution in [3.05, 3.63) is 0 Å². The van der Waals surface area contributed by atoms with E-state index in [0.717, 1.165) is 6.42 Å². The third-order valence-electron chi connectivity index (χ3n) is 4.05. The summed E-state index contributed by atoms with van der Waals surface area (Å²) in [6.07, 6.45) is 5.75. The molecule has 1 atom stereocenters. The minimum absolute atomic E-state index is 0.123. The number of ether oxygens (including phenoxy) is 1. The number of rotatable bonds is 7. The summed E-state index contributed by atoms with van der Waals surface area (Å²) in [5.74, 6) is 0.501. The monoisotopic (exact) mass is 236 g/mol. The van der Waals surface area contributed by atoms with Crippen LogP contribution in [0, 0.1) is 17.2 Å². The van der Waals surface area contributed by atoms with E-state index in [1.54, 1.807) is 0 Å². The topological polar surface area (TPSA) is 45.0 Å². The molecule has 1 unspecified atom stereocenters. The second kappa shape index (κ2) is 4.59. The molecule has 0 spiro atoms. The standard InChI is InChI=1S/C14H24N2O/c1-4-13(2,3)17-10-14(9-15,11-5-6-11)16-12-7-8-12/h11-12,16H,4-8,10H2,1-3H3. The van der Waals surface area contributed by atoms with Gasteiger partial charge in [-0.25, -0.2) is 0 Å². The number of nitrogens with zero attached hydrogens (tertiary/aromatic N) is 1. The lowest BCUT2D eigenvalue weighted by molar-refractivity contribution is -0.0450. The Morgan fingerprint density at radius 3 is 2.35 bits per heavy atom. The van der Waals surface area contributed by atoms with Crippen LogP contribution in [0.4, 0.5) is 0 Å². The summed E-state index contributed by atoms with van der Waals surface area (Å²) in [7, 11) is 0. The van der Waals surface area contributed by atoms with Gasteiger partial charge in [-0.2, -0.15) is 5.26 Å². The van der Waals surface area contributed by atoms with Crippen LogP contribution in [0.3, 0.4) is 0 Å². The number of hydrogen-bond acceptors (Lipinski definition) is 3. The highest BCUT2D eigenvalue weighted by Gasteiger charge is 2.49. The van der Waals surface area contributed by atoms with E-state index >= 15 is 0 Å². The van der Waals surface area contributed by atoms with Gasteiger partial charge in [-0.15, -0.1) is 0 Å². The predicted octanol–water partition coefficient (Wildman–Crippen LogP) is 2.62. The van der Waals surface area contributed by atoms with Gasteiger partial charge in [-0.1, -0.05) is 6.92 Å². The third-order valence-corrected chi connectivity index (χ3v) is 4.05. The summed E-state index contributed by atoms with van der Waals surface area (Å²) in [6.45, 7) is 6.85. The Hall–Kier alpha value is -0.590. The maximum absolute atomic E-state index is 9.54. The first-order valence-corrected chi connectivity index (χ1v) is 6.84. The van der Waals surface area contributed by atoms with Gasteiger partial charge >= 0.3 is 0 Å². The van der Waals surface area contributed by atoms with Gasteiger partial charge in [0.25, 0.3) is 0 Å². The van der Waals surface area contributed by atoms with Crippen molar-refractivity contribution in [3.8, 4) is 6.07 Å². The highest BCUT2D eigenvalue weighted by atomic mass is 16.5. The van der Waals surface area contributed by atoms with Crippen molar-refractivity contribution in [2.45, 2.75) is 70.1 Å². The number of nitriles is 1. The Labute approximate surface area is 105 Å². The number of hydrogen-bond donors (Lipinski definition) is 1. The van der Waals surface area contributed by atoms with Crippen LogP contribution in [0.1, 0.15) is 52.9 Å². The normalized spacial score (nSPS) is 24.1. The highest BCUT2D eigenvalue weighted by molar-refractivity contribution is 5.17. The Bertz CT molecular complexity index is 313. The van der Waals surface area contributed by atoms with Crippen molar-refractivity contribution in [1.29, 1.82) is 5.26 Å². The first-order chi connectivity index (χ1) is 8.01. The molecule has 3 heteroatoms. The van der Waals surface area contributed by atoms with Crippen molar-refractivity contribution < 1.29 is 4.74 Å². The van der Waals surface area contributed by atoms with Crippen LogP contribution >= 0.6 is 0 Å². The maximum atomic E-state index is 9.54. The van der Waals surface area contributed by atoms with Gasteiger partial charge in [0.1, 0.15) is 5.54 Å². The molecule has 2 fully saturated rings. The van der Waals surface area contributed by atoms with Crippen LogP contribution in [0.15, 0.2) is 0 Å². The third kappa shape index (κ3) is 3.20. The van der Waals surface area contributed by atoms with Crippen LogP contribution in [-0.2, 0) is 4.74 Å². The maximum Gasteiger partial charge on any atom is 0.133 e. The summed E-state index contributed by atoms with van der Waals surface area (Å²) in [4.78, 5) is 0. The molecule has 0 bridgehead atoms. The molecule has 2 aliphatic carbocycles. The zero-order valence-electron chi connectivity index (χ0n) is 11.3. The molecule has 0 saturated heterocycles. The summed E-state index contributed by atoms with van der Waals surface area (Å²) in [5, 5.41) is 13.1. The summed E-state index contributed by atoms with van der Waals surface area (Å²) >= 11 is 0. The average molecular weight is 236 g/mol. The fraction of sp³-hybridized carbons (Fsp3) is 0.929. The largest absolute Gasteiger partial charge is 0.373 e. The van der Waals surface area contributed by atoms with Crippen molar-refractivity contribution in [3.63, 3.8) is 0 Å². The molecule has 2 saturated carbocycles. The zero-order chi connectivity index (χ0) is 12.5. The molecule has 0 amide bonds. The van der Waals surface area contributed by atoms with Crippen molar-refractivity contribution in [2.24, 2.45) is 5.92 Å². The summed E-state index contributed by atoms with van der Waals surface area (Å²) in [5.41, 5.74) is -0.546. The molecular formula is C14H24N2O. The first kappa shape index (κ1) is 12.9. The molecule has 17 heavy (non-hydrogen) atoms. The van der Waals surface area contributed by atoms with E-state index in [4.69, 9.17) is 4.74 Å². The van der Waals surface area contributed by atoms with Crippen LogP contribution in [-0.4, -0.2) is 23.8 Å². The molecule has 0 aromatic heterocycles. The van der Waals surface area contributed by atoms with Gasteiger partial charge in [0.05, 0.1) is 18.3 Å². The van der Waals surface area contributed by atoms with E-state index in [1.807, 2.05) is 0 Å². The molecule has 0 aliphatic heterocycles. The van der Waals surface area contributed by atoms with Crippen LogP contribution in [0.2, 0.25) is 0 Å². The van der Waals surface area contributed by atoms with E-state index in [0.29, 0.717) is 18.6 Å². The minimum atomic E-state index is -0.423. The van der Waals surface area contributed by atoms with Gasteiger partial charge in [-0.05, 0) is 51.9 Å². The van der Waals surface area contributed by atoms with Crippen molar-refractivity contribution in [2.75, 3.05) is 6.61 Å². The highest BCUT2D eigenvalue weighted by Crippen LogP contribution is 2.42. The minimum Gasteiger partial charge on any atom is -0.373 e. The molecule has 2 rings (SSSR count). The fourth-order valence-electron chi connectivity index (χ4n) is 2.01. The smallest absolute Gasteiger partial charge is 0.133 e. The second-order valence-corrected chi connectivity index (χ2v) is 6.18.